The number of fused-ring (bicyclic) bond motifs is 2. The van der Waals surface area contributed by atoms with E-state index < -0.39 is 0 Å². The Morgan fingerprint density at radius 3 is 2.70 bits per heavy atom. The van der Waals surface area contributed by atoms with Crippen LogP contribution in [0.5, 0.6) is 5.75 Å². The Kier molecular flexibility index (Phi) is 5.68. The number of rotatable bonds is 5. The van der Waals surface area contributed by atoms with Crippen LogP contribution in [0.4, 0.5) is 0 Å². The smallest absolute Gasteiger partial charge is 0.282 e. The summed E-state index contributed by atoms with van der Waals surface area (Å²) in [4.78, 5) is 18.0. The monoisotopic (exact) mass is 463 g/mol. The highest BCUT2D eigenvalue weighted by molar-refractivity contribution is 9.10. The van der Waals surface area contributed by atoms with E-state index in [4.69, 9.17) is 9.72 Å². The Morgan fingerprint density at radius 1 is 1.13 bits per heavy atom. The first-order chi connectivity index (χ1) is 14.5. The molecule has 0 N–H and O–H groups in total. The van der Waals surface area contributed by atoms with Crippen molar-refractivity contribution < 1.29 is 4.74 Å². The van der Waals surface area contributed by atoms with Gasteiger partial charge in [-0.2, -0.15) is 9.78 Å². The maximum Gasteiger partial charge on any atom is 0.282 e. The van der Waals surface area contributed by atoms with Crippen molar-refractivity contribution in [2.24, 2.45) is 5.10 Å². The van der Waals surface area contributed by atoms with Gasteiger partial charge in [0.1, 0.15) is 11.6 Å². The van der Waals surface area contributed by atoms with Crippen LogP contribution in [0.15, 0.2) is 69.0 Å². The fraction of sp³-hybridized carbons (Fsp3) is 0.208. The fourth-order valence-corrected chi connectivity index (χ4v) is 3.82. The summed E-state index contributed by atoms with van der Waals surface area (Å²) in [6.07, 6.45) is 1.70. The molecule has 0 aliphatic heterocycles. The summed E-state index contributed by atoms with van der Waals surface area (Å²) in [5.41, 5.74) is 1.31. The maximum absolute atomic E-state index is 13.3. The zero-order valence-electron chi connectivity index (χ0n) is 17.1. The van der Waals surface area contributed by atoms with Gasteiger partial charge >= 0.3 is 0 Å². The minimum Gasteiger partial charge on any atom is -0.493 e. The molecule has 152 valence electrons. The van der Waals surface area contributed by atoms with E-state index in [9.17, 15) is 4.79 Å². The number of nitrogens with zero attached hydrogens (tertiary/aromatic N) is 3. The first-order valence-electron chi connectivity index (χ1n) is 9.90. The number of hydrogen-bond donors (Lipinski definition) is 0. The van der Waals surface area contributed by atoms with Crippen LogP contribution in [0, 0.1) is 0 Å². The van der Waals surface area contributed by atoms with E-state index in [-0.39, 0.29) is 11.5 Å². The molecule has 30 heavy (non-hydrogen) atoms. The molecule has 0 amide bonds. The summed E-state index contributed by atoms with van der Waals surface area (Å²) in [5.74, 6) is 1.38. The fourth-order valence-electron chi connectivity index (χ4n) is 3.46. The number of halogens is 1. The van der Waals surface area contributed by atoms with Crippen molar-refractivity contribution in [2.75, 3.05) is 6.61 Å². The highest BCUT2D eigenvalue weighted by Gasteiger charge is 2.14. The number of aromatic nitrogens is 2. The first kappa shape index (κ1) is 20.3. The number of benzene rings is 3. The molecular formula is C24H22BrN3O2. The van der Waals surface area contributed by atoms with Crippen LogP contribution in [0.3, 0.4) is 0 Å². The van der Waals surface area contributed by atoms with Crippen LogP contribution in [0.2, 0.25) is 0 Å². The van der Waals surface area contributed by atoms with Crippen molar-refractivity contribution in [3.63, 3.8) is 0 Å². The molecule has 0 saturated carbocycles. The van der Waals surface area contributed by atoms with Gasteiger partial charge in [0.05, 0.1) is 23.7 Å². The largest absolute Gasteiger partial charge is 0.493 e. The number of ether oxygens (including phenoxy) is 1. The summed E-state index contributed by atoms with van der Waals surface area (Å²) in [5, 5.41) is 7.21. The lowest BCUT2D eigenvalue weighted by Crippen LogP contribution is -2.23. The SMILES string of the molecule is CCOc1ccc2ccccc2c1C=Nn1c(C(C)C)nc2ccc(Br)cc2c1=O. The summed E-state index contributed by atoms with van der Waals surface area (Å²) in [6.45, 7) is 6.49. The summed E-state index contributed by atoms with van der Waals surface area (Å²) >= 11 is 3.44. The standard InChI is InChI=1S/C24H22BrN3O2/c1-4-30-22-12-9-16-7-5-6-8-18(16)20(22)14-26-28-23(15(2)3)27-21-11-10-17(25)13-19(21)24(28)29/h5-15H,4H2,1-3H3. The van der Waals surface area contributed by atoms with Crippen LogP contribution in [0.25, 0.3) is 21.7 Å². The van der Waals surface area contributed by atoms with Crippen molar-refractivity contribution in [3.05, 3.63) is 80.8 Å². The molecule has 4 aromatic rings. The lowest BCUT2D eigenvalue weighted by molar-refractivity contribution is 0.340. The van der Waals surface area contributed by atoms with Gasteiger partial charge in [0.2, 0.25) is 0 Å². The third kappa shape index (κ3) is 3.75. The van der Waals surface area contributed by atoms with Crippen molar-refractivity contribution in [1.82, 2.24) is 9.66 Å². The topological polar surface area (TPSA) is 56.5 Å². The lowest BCUT2D eigenvalue weighted by atomic mass is 10.0. The van der Waals surface area contributed by atoms with E-state index >= 15 is 0 Å². The molecule has 6 heteroatoms. The average molecular weight is 464 g/mol. The van der Waals surface area contributed by atoms with Gasteiger partial charge in [-0.15, -0.1) is 0 Å². The van der Waals surface area contributed by atoms with E-state index in [0.717, 1.165) is 26.6 Å². The van der Waals surface area contributed by atoms with Gasteiger partial charge in [-0.25, -0.2) is 4.98 Å². The van der Waals surface area contributed by atoms with Crippen molar-refractivity contribution in [3.8, 4) is 5.75 Å². The Labute approximate surface area is 183 Å². The van der Waals surface area contributed by atoms with Crippen molar-refractivity contribution >= 4 is 43.8 Å². The second kappa shape index (κ2) is 8.40. The van der Waals surface area contributed by atoms with Gasteiger partial charge in [-0.05, 0) is 42.0 Å². The Hall–Kier alpha value is -2.99. The van der Waals surface area contributed by atoms with Gasteiger partial charge < -0.3 is 4.74 Å². The van der Waals surface area contributed by atoms with E-state index in [1.165, 1.54) is 4.68 Å². The molecule has 5 nitrogen and oxygen atoms in total. The molecule has 0 bridgehead atoms. The minimum absolute atomic E-state index is 0.0294. The maximum atomic E-state index is 13.3. The molecular weight excluding hydrogens is 442 g/mol. The van der Waals surface area contributed by atoms with Crippen LogP contribution < -0.4 is 10.3 Å². The third-order valence-corrected chi connectivity index (χ3v) is 5.38. The van der Waals surface area contributed by atoms with Crippen LogP contribution in [-0.2, 0) is 0 Å². The minimum atomic E-state index is -0.195. The Balaban J connectivity index is 1.95. The highest BCUT2D eigenvalue weighted by atomic mass is 79.9. The van der Waals surface area contributed by atoms with E-state index in [1.54, 1.807) is 12.3 Å². The summed E-state index contributed by atoms with van der Waals surface area (Å²) < 4.78 is 8.05. The lowest BCUT2D eigenvalue weighted by Gasteiger charge is -2.13. The molecule has 0 saturated heterocycles. The molecule has 4 rings (SSSR count). The quantitative estimate of drug-likeness (QED) is 0.355. The summed E-state index contributed by atoms with van der Waals surface area (Å²) in [7, 11) is 0. The molecule has 1 aromatic heterocycles. The molecule has 0 radical (unpaired) electrons. The van der Waals surface area contributed by atoms with Crippen molar-refractivity contribution in [2.45, 2.75) is 26.7 Å². The van der Waals surface area contributed by atoms with Gasteiger partial charge in [0.25, 0.3) is 5.56 Å². The van der Waals surface area contributed by atoms with Gasteiger partial charge in [-0.1, -0.05) is 60.1 Å². The van der Waals surface area contributed by atoms with Crippen LogP contribution >= 0.6 is 15.9 Å². The third-order valence-electron chi connectivity index (χ3n) is 4.88. The molecule has 0 aliphatic rings. The molecule has 0 spiro atoms. The second-order valence-electron chi connectivity index (χ2n) is 7.28. The van der Waals surface area contributed by atoms with Gasteiger partial charge in [0, 0.05) is 16.0 Å². The van der Waals surface area contributed by atoms with Crippen molar-refractivity contribution in [1.29, 1.82) is 0 Å². The zero-order valence-corrected chi connectivity index (χ0v) is 18.7. The molecule has 3 aromatic carbocycles. The van der Waals surface area contributed by atoms with E-state index in [2.05, 4.69) is 21.0 Å². The molecule has 0 unspecified atom stereocenters. The van der Waals surface area contributed by atoms with Crippen LogP contribution in [0.1, 0.15) is 38.1 Å². The normalized spacial score (nSPS) is 11.8. The molecule has 0 aliphatic carbocycles. The Bertz CT molecular complexity index is 1330. The van der Waals surface area contributed by atoms with Gasteiger partial charge in [0.15, 0.2) is 0 Å². The second-order valence-corrected chi connectivity index (χ2v) is 8.19. The van der Waals surface area contributed by atoms with Crippen LogP contribution in [-0.4, -0.2) is 22.5 Å². The predicted molar refractivity (Wildman–Crippen MR) is 126 cm³/mol. The summed E-state index contributed by atoms with van der Waals surface area (Å²) in [6, 6.07) is 17.5. The average Bonchev–Trinajstić information content (AvgIpc) is 2.74. The zero-order chi connectivity index (χ0) is 21.3. The first-order valence-corrected chi connectivity index (χ1v) is 10.7. The predicted octanol–water partition coefficient (Wildman–Crippen LogP) is 5.72. The van der Waals surface area contributed by atoms with Gasteiger partial charge in [-0.3, -0.25) is 4.79 Å². The highest BCUT2D eigenvalue weighted by Crippen LogP contribution is 2.27. The van der Waals surface area contributed by atoms with E-state index in [1.807, 2.05) is 69.3 Å². The molecule has 0 fully saturated rings. The number of hydrogen-bond acceptors (Lipinski definition) is 4. The molecule has 0 atom stereocenters. The van der Waals surface area contributed by atoms with E-state index in [0.29, 0.717) is 23.3 Å². The molecule has 1 heterocycles. The Morgan fingerprint density at radius 2 is 1.93 bits per heavy atom.